The van der Waals surface area contributed by atoms with Gasteiger partial charge in [-0.3, -0.25) is 9.59 Å². The second kappa shape index (κ2) is 21.4. The number of aromatic nitrogens is 6. The Hall–Kier alpha value is -6.91. The molecule has 2 amide bonds. The van der Waals surface area contributed by atoms with Gasteiger partial charge in [-0.25, -0.2) is 51.9 Å². The van der Waals surface area contributed by atoms with Crippen molar-refractivity contribution in [3.63, 3.8) is 0 Å². The molecule has 0 aliphatic carbocycles. The highest BCUT2D eigenvalue weighted by molar-refractivity contribution is 6.01. The van der Waals surface area contributed by atoms with E-state index >= 15 is 0 Å². The van der Waals surface area contributed by atoms with Crippen molar-refractivity contribution < 1.29 is 41.0 Å². The first-order valence-corrected chi connectivity index (χ1v) is 20.4. The van der Waals surface area contributed by atoms with Crippen molar-refractivity contribution in [1.29, 1.82) is 0 Å². The normalized spacial score (nSPS) is 12.3. The number of amides is 2. The number of aryl methyl sites for hydroxylation is 1. The summed E-state index contributed by atoms with van der Waals surface area (Å²) in [4.78, 5) is 54.5. The molecule has 2 atom stereocenters. The highest BCUT2D eigenvalue weighted by Crippen LogP contribution is 2.30. The topological polar surface area (TPSA) is 136 Å². The van der Waals surface area contributed by atoms with Crippen LogP contribution in [0.4, 0.5) is 22.0 Å². The molecule has 0 unspecified atom stereocenters. The number of pyridine rings is 2. The molecule has 17 heteroatoms. The number of ether oxygens (including phenoxy) is 2. The molecule has 4 heterocycles. The number of nitrogens with zero attached hydrogens (tertiary/aromatic N) is 8. The number of carbonyl (C=O) groups excluding carboxylic acids is 2. The summed E-state index contributed by atoms with van der Waals surface area (Å²) in [6.07, 6.45) is 8.38. The molecule has 6 aromatic rings. The maximum Gasteiger partial charge on any atom is 0.272 e. The average Bonchev–Trinajstić information content (AvgIpc) is 3.28. The average molecular weight is 885 g/mol. The molecule has 0 aliphatic rings. The molecule has 0 N–H and O–H groups in total. The van der Waals surface area contributed by atoms with Crippen LogP contribution in [0.25, 0.3) is 22.8 Å². The third-order valence-electron chi connectivity index (χ3n) is 9.94. The van der Waals surface area contributed by atoms with Gasteiger partial charge in [-0.2, -0.15) is 0 Å². The fourth-order valence-corrected chi connectivity index (χ4v) is 6.49. The molecule has 0 saturated carbocycles. The highest BCUT2D eigenvalue weighted by Gasteiger charge is 2.29. The zero-order valence-electron chi connectivity index (χ0n) is 36.5. The quantitative estimate of drug-likeness (QED) is 0.0865. The van der Waals surface area contributed by atoms with Crippen LogP contribution in [0.15, 0.2) is 110 Å². The Morgan fingerprint density at radius 3 is 1.53 bits per heavy atom. The molecule has 6 rings (SSSR count). The molecule has 12 nitrogen and oxygen atoms in total. The molecule has 0 bridgehead atoms. The van der Waals surface area contributed by atoms with E-state index in [4.69, 9.17) is 9.47 Å². The van der Waals surface area contributed by atoms with Crippen molar-refractivity contribution in [2.45, 2.75) is 72.4 Å². The third kappa shape index (κ3) is 12.4. The second-order valence-corrected chi connectivity index (χ2v) is 14.9. The van der Waals surface area contributed by atoms with E-state index in [1.54, 1.807) is 49.3 Å². The lowest BCUT2D eigenvalue weighted by Crippen LogP contribution is -2.42. The molecule has 4 aromatic heterocycles. The molecule has 0 spiro atoms. The molecule has 0 radical (unpaired) electrons. The summed E-state index contributed by atoms with van der Waals surface area (Å²) in [5, 5.41) is 0. The highest BCUT2D eigenvalue weighted by atomic mass is 19.3. The molecule has 2 aromatic carbocycles. The van der Waals surface area contributed by atoms with Gasteiger partial charge in [0.25, 0.3) is 23.7 Å². The Labute approximate surface area is 368 Å². The van der Waals surface area contributed by atoms with Crippen LogP contribution in [0.5, 0.6) is 11.8 Å². The monoisotopic (exact) mass is 884 g/mol. The van der Waals surface area contributed by atoms with E-state index in [9.17, 15) is 31.5 Å². The van der Waals surface area contributed by atoms with E-state index in [0.717, 1.165) is 31.8 Å². The van der Waals surface area contributed by atoms with Gasteiger partial charge >= 0.3 is 0 Å². The van der Waals surface area contributed by atoms with Crippen LogP contribution >= 0.6 is 0 Å². The summed E-state index contributed by atoms with van der Waals surface area (Å²) < 4.78 is 79.2. The zero-order valence-corrected chi connectivity index (χ0v) is 36.5. The van der Waals surface area contributed by atoms with Crippen LogP contribution in [0.3, 0.4) is 0 Å². The van der Waals surface area contributed by atoms with E-state index < -0.39 is 29.6 Å². The molecule has 0 saturated heterocycles. The van der Waals surface area contributed by atoms with Gasteiger partial charge in [0.15, 0.2) is 11.6 Å². The third-order valence-corrected chi connectivity index (χ3v) is 9.94. The molecule has 64 heavy (non-hydrogen) atoms. The van der Waals surface area contributed by atoms with Crippen molar-refractivity contribution >= 4 is 11.8 Å². The van der Waals surface area contributed by atoms with Gasteiger partial charge in [0.05, 0.1) is 28.8 Å². The van der Waals surface area contributed by atoms with Crippen LogP contribution in [0.1, 0.15) is 78.9 Å². The standard InChI is InChI=1S/C24H26F2N4O2.C23H23F3N4O2/c1-5-30(17(3)15-32-21-10-8-18(14-29-21)24(4,25)26)23(31)19-9-7-16(2)13-20(19)22-27-11-6-12-28-22;1-4-30(15(2)14-32-19-10-9-16(13-29-19)23(3,25)26)22(31)17-7-5-8-18(24)20(17)21-27-11-6-12-28-21/h6-14,17H,5,15H2,1-4H3;5-13,15H,4,14H2,1-3H3/t17-;15-/m00/s1. The van der Waals surface area contributed by atoms with Gasteiger partial charge in [0, 0.05) is 92.9 Å². The largest absolute Gasteiger partial charge is 0.475 e. The summed E-state index contributed by atoms with van der Waals surface area (Å²) in [5.74, 6) is -6.13. The maximum atomic E-state index is 14.6. The first kappa shape index (κ1) is 48.1. The van der Waals surface area contributed by atoms with Crippen molar-refractivity contribution in [3.05, 3.63) is 144 Å². The summed E-state index contributed by atoms with van der Waals surface area (Å²) in [6, 6.07) is 17.7. The number of hydrogen-bond acceptors (Lipinski definition) is 10. The first-order valence-electron chi connectivity index (χ1n) is 20.4. The SMILES string of the molecule is CCN(C(=O)c1ccc(C)cc1-c1ncccn1)[C@@H](C)COc1ccc(C(C)(F)F)cn1.CCN(C(=O)c1cccc(F)c1-c1ncccn1)[C@@H](C)COc1ccc(C(C)(F)F)cn1. The van der Waals surface area contributed by atoms with Gasteiger partial charge in [0.2, 0.25) is 11.8 Å². The predicted molar refractivity (Wildman–Crippen MR) is 231 cm³/mol. The smallest absolute Gasteiger partial charge is 0.272 e. The summed E-state index contributed by atoms with van der Waals surface area (Å²) in [7, 11) is 0. The lowest BCUT2D eigenvalue weighted by molar-refractivity contribution is 0.0163. The van der Waals surface area contributed by atoms with Gasteiger partial charge < -0.3 is 19.3 Å². The molecule has 0 fully saturated rings. The van der Waals surface area contributed by atoms with E-state index in [1.807, 2.05) is 32.9 Å². The van der Waals surface area contributed by atoms with Gasteiger partial charge in [-0.15, -0.1) is 0 Å². The van der Waals surface area contributed by atoms with Crippen LogP contribution in [-0.2, 0) is 11.8 Å². The summed E-state index contributed by atoms with van der Waals surface area (Å²) >= 11 is 0. The molecular formula is C47H49F5N8O4. The Bertz CT molecular complexity index is 2460. The lowest BCUT2D eigenvalue weighted by atomic mass is 10.0. The number of likely N-dealkylation sites (N-methyl/N-ethyl adjacent to an activating group) is 2. The van der Waals surface area contributed by atoms with E-state index in [0.29, 0.717) is 30.0 Å². The Kier molecular flexibility index (Phi) is 16.1. The number of carbonyl (C=O) groups is 2. The van der Waals surface area contributed by atoms with Crippen LogP contribution < -0.4 is 9.47 Å². The van der Waals surface area contributed by atoms with E-state index in [1.165, 1.54) is 59.8 Å². The molecular weight excluding hydrogens is 836 g/mol. The van der Waals surface area contributed by atoms with E-state index in [2.05, 4.69) is 29.9 Å². The maximum absolute atomic E-state index is 14.6. The van der Waals surface area contributed by atoms with Crippen molar-refractivity contribution in [1.82, 2.24) is 39.7 Å². The molecule has 336 valence electrons. The Balaban J connectivity index is 0.000000241. The minimum absolute atomic E-state index is 0.0300. The van der Waals surface area contributed by atoms with Gasteiger partial charge in [0.1, 0.15) is 19.0 Å². The van der Waals surface area contributed by atoms with Crippen LogP contribution in [0.2, 0.25) is 0 Å². The number of hydrogen-bond donors (Lipinski definition) is 0. The van der Waals surface area contributed by atoms with Crippen molar-refractivity contribution in [3.8, 4) is 34.5 Å². The van der Waals surface area contributed by atoms with Gasteiger partial charge in [-0.1, -0.05) is 17.7 Å². The fourth-order valence-electron chi connectivity index (χ4n) is 6.49. The second-order valence-electron chi connectivity index (χ2n) is 14.9. The Morgan fingerprint density at radius 2 is 1.09 bits per heavy atom. The van der Waals surface area contributed by atoms with Crippen molar-refractivity contribution in [2.75, 3.05) is 26.3 Å². The summed E-state index contributed by atoms with van der Waals surface area (Å²) in [5.41, 5.74) is 1.93. The summed E-state index contributed by atoms with van der Waals surface area (Å²) in [6.45, 7) is 11.9. The van der Waals surface area contributed by atoms with Crippen LogP contribution in [0, 0.1) is 12.7 Å². The lowest BCUT2D eigenvalue weighted by Gasteiger charge is -2.28. The number of alkyl halides is 4. The predicted octanol–water partition coefficient (Wildman–Crippen LogP) is 9.61. The number of benzene rings is 2. The zero-order chi connectivity index (χ0) is 46.6. The molecule has 0 aliphatic heterocycles. The van der Waals surface area contributed by atoms with E-state index in [-0.39, 0.29) is 65.0 Å². The first-order chi connectivity index (χ1) is 30.4. The van der Waals surface area contributed by atoms with Gasteiger partial charge in [-0.05, 0) is 83.1 Å². The number of rotatable bonds is 16. The van der Waals surface area contributed by atoms with Crippen LogP contribution in [-0.4, -0.2) is 89.9 Å². The van der Waals surface area contributed by atoms with Crippen molar-refractivity contribution in [2.24, 2.45) is 0 Å². The fraction of sp³-hybridized carbons (Fsp3) is 0.319. The Morgan fingerprint density at radius 1 is 0.625 bits per heavy atom. The minimum atomic E-state index is -2.99. The number of halogens is 5. The minimum Gasteiger partial charge on any atom is -0.475 e.